The van der Waals surface area contributed by atoms with Crippen molar-refractivity contribution in [2.24, 2.45) is 0 Å². The van der Waals surface area contributed by atoms with E-state index >= 15 is 0 Å². The highest BCUT2D eigenvalue weighted by Gasteiger charge is 2.49. The van der Waals surface area contributed by atoms with E-state index in [1.165, 1.54) is 4.90 Å². The first-order valence-electron chi connectivity index (χ1n) is 7.67. The minimum absolute atomic E-state index is 0.0683. The van der Waals surface area contributed by atoms with Crippen molar-refractivity contribution in [2.45, 2.75) is 43.9 Å². The Morgan fingerprint density at radius 3 is 2.64 bits per heavy atom. The predicted octanol–water partition coefficient (Wildman–Crippen LogP) is 1.78. The molecule has 2 fully saturated rings. The van der Waals surface area contributed by atoms with E-state index in [1.807, 2.05) is 18.2 Å². The summed E-state index contributed by atoms with van der Waals surface area (Å²) in [5.41, 5.74) is 0.684. The summed E-state index contributed by atoms with van der Waals surface area (Å²) >= 11 is 0. The van der Waals surface area contributed by atoms with Crippen LogP contribution in [0.15, 0.2) is 30.3 Å². The van der Waals surface area contributed by atoms with Crippen molar-refractivity contribution in [3.63, 3.8) is 0 Å². The lowest BCUT2D eigenvalue weighted by Crippen LogP contribution is -2.47. The van der Waals surface area contributed by atoms with Gasteiger partial charge in [0.25, 0.3) is 11.7 Å². The molecule has 22 heavy (non-hydrogen) atoms. The maximum absolute atomic E-state index is 12.4. The number of rotatable bonds is 3. The second-order valence-electron chi connectivity index (χ2n) is 5.84. The summed E-state index contributed by atoms with van der Waals surface area (Å²) in [4.78, 5) is 25.7. The van der Waals surface area contributed by atoms with Crippen LogP contribution in [0.3, 0.4) is 0 Å². The van der Waals surface area contributed by atoms with Crippen LogP contribution in [0.1, 0.15) is 32.1 Å². The summed E-state index contributed by atoms with van der Waals surface area (Å²) in [5.74, 6) is -2.67. The first-order chi connectivity index (χ1) is 10.6. The first-order valence-corrected chi connectivity index (χ1v) is 7.67. The Balaban J connectivity index is 1.63. The van der Waals surface area contributed by atoms with Gasteiger partial charge in [-0.25, -0.2) is 4.79 Å². The molecule has 1 aliphatic heterocycles. The number of ether oxygens (including phenoxy) is 1. The van der Waals surface area contributed by atoms with Crippen LogP contribution in [-0.2, 0) is 9.53 Å². The summed E-state index contributed by atoms with van der Waals surface area (Å²) < 4.78 is 5.04. The number of benzene rings is 1. The van der Waals surface area contributed by atoms with Gasteiger partial charge in [-0.05, 0) is 25.0 Å². The first kappa shape index (κ1) is 14.8. The van der Waals surface area contributed by atoms with Crippen LogP contribution < -0.4 is 10.2 Å². The van der Waals surface area contributed by atoms with Gasteiger partial charge in [-0.1, -0.05) is 31.0 Å². The van der Waals surface area contributed by atoms with Crippen LogP contribution in [0.2, 0.25) is 0 Å². The molecule has 0 radical (unpaired) electrons. The van der Waals surface area contributed by atoms with E-state index in [4.69, 9.17) is 4.74 Å². The average Bonchev–Trinajstić information content (AvgIpc) is 3.10. The van der Waals surface area contributed by atoms with Crippen molar-refractivity contribution in [2.75, 3.05) is 11.4 Å². The second kappa shape index (κ2) is 5.96. The van der Waals surface area contributed by atoms with E-state index in [9.17, 15) is 14.7 Å². The van der Waals surface area contributed by atoms with E-state index in [2.05, 4.69) is 5.32 Å². The molecule has 1 aromatic rings. The largest absolute Gasteiger partial charge is 0.410 e. The minimum Gasteiger partial charge on any atom is -0.407 e. The number of hydrogen-bond donors (Lipinski definition) is 2. The Labute approximate surface area is 129 Å². The molecule has 6 nitrogen and oxygen atoms in total. The number of para-hydroxylation sites is 1. The third kappa shape index (κ3) is 2.92. The number of carbonyl (C=O) groups is 2. The molecule has 1 saturated heterocycles. The molecule has 2 aliphatic rings. The van der Waals surface area contributed by atoms with Gasteiger partial charge in [-0.15, -0.1) is 0 Å². The summed E-state index contributed by atoms with van der Waals surface area (Å²) in [6, 6.07) is 9.12. The highest BCUT2D eigenvalue weighted by Crippen LogP contribution is 2.29. The van der Waals surface area contributed by atoms with Crippen LogP contribution in [-0.4, -0.2) is 35.5 Å². The lowest BCUT2D eigenvalue weighted by Gasteiger charge is -2.23. The van der Waals surface area contributed by atoms with Crippen molar-refractivity contribution in [1.82, 2.24) is 5.32 Å². The molecule has 0 unspecified atom stereocenters. The van der Waals surface area contributed by atoms with E-state index in [1.54, 1.807) is 12.1 Å². The number of hydrogen-bond acceptors (Lipinski definition) is 4. The Kier molecular flexibility index (Phi) is 4.02. The zero-order valence-electron chi connectivity index (χ0n) is 12.3. The molecule has 3 rings (SSSR count). The molecule has 0 aromatic heterocycles. The van der Waals surface area contributed by atoms with Gasteiger partial charge < -0.3 is 20.1 Å². The number of anilines is 1. The molecule has 1 aliphatic carbocycles. The molecule has 0 bridgehead atoms. The molecule has 6 heteroatoms. The number of aliphatic hydroxyl groups is 1. The van der Waals surface area contributed by atoms with Gasteiger partial charge in [0.05, 0.1) is 0 Å². The van der Waals surface area contributed by atoms with Gasteiger partial charge in [0, 0.05) is 24.7 Å². The van der Waals surface area contributed by atoms with Crippen molar-refractivity contribution in [1.29, 1.82) is 0 Å². The average molecular weight is 304 g/mol. The van der Waals surface area contributed by atoms with E-state index in [0.29, 0.717) is 12.2 Å². The lowest BCUT2D eigenvalue weighted by molar-refractivity contribution is -0.175. The van der Waals surface area contributed by atoms with Gasteiger partial charge in [-0.2, -0.15) is 0 Å². The summed E-state index contributed by atoms with van der Waals surface area (Å²) in [6.07, 6.45) is 3.33. The number of amides is 2. The number of carbonyl (C=O) groups excluding carboxylic acids is 2. The summed E-state index contributed by atoms with van der Waals surface area (Å²) in [7, 11) is 0. The van der Waals surface area contributed by atoms with Crippen LogP contribution >= 0.6 is 0 Å². The summed E-state index contributed by atoms with van der Waals surface area (Å²) in [5, 5.41) is 13.1. The maximum atomic E-state index is 12.4. The van der Waals surface area contributed by atoms with Gasteiger partial charge in [0.1, 0.15) is 0 Å². The van der Waals surface area contributed by atoms with Crippen molar-refractivity contribution in [3.8, 4) is 0 Å². The van der Waals surface area contributed by atoms with Gasteiger partial charge in [0.2, 0.25) is 0 Å². The molecule has 1 aromatic carbocycles. The SMILES string of the molecule is O=C(NC1CCCC1)O[C@@]1(O)CCN(c2ccccc2)C1=O. The fourth-order valence-electron chi connectivity index (χ4n) is 3.05. The third-order valence-corrected chi connectivity index (χ3v) is 4.26. The zero-order chi connectivity index (χ0) is 15.6. The normalized spacial score (nSPS) is 25.5. The van der Waals surface area contributed by atoms with Crippen molar-refractivity contribution < 1.29 is 19.4 Å². The van der Waals surface area contributed by atoms with E-state index < -0.39 is 17.8 Å². The van der Waals surface area contributed by atoms with Crippen molar-refractivity contribution in [3.05, 3.63) is 30.3 Å². The van der Waals surface area contributed by atoms with Gasteiger partial charge >= 0.3 is 6.09 Å². The zero-order valence-corrected chi connectivity index (χ0v) is 12.3. The fourth-order valence-corrected chi connectivity index (χ4v) is 3.05. The highest BCUT2D eigenvalue weighted by atomic mass is 16.7. The van der Waals surface area contributed by atoms with Gasteiger partial charge in [0.15, 0.2) is 0 Å². The molecule has 1 heterocycles. The van der Waals surface area contributed by atoms with E-state index in [0.717, 1.165) is 25.7 Å². The highest BCUT2D eigenvalue weighted by molar-refractivity contribution is 6.01. The Morgan fingerprint density at radius 2 is 1.95 bits per heavy atom. The van der Waals surface area contributed by atoms with Crippen LogP contribution in [0.4, 0.5) is 10.5 Å². The topological polar surface area (TPSA) is 78.9 Å². The Bertz CT molecular complexity index is 557. The van der Waals surface area contributed by atoms with Crippen LogP contribution in [0.5, 0.6) is 0 Å². The molecule has 2 amide bonds. The van der Waals surface area contributed by atoms with Crippen LogP contribution in [0.25, 0.3) is 0 Å². The number of nitrogens with zero attached hydrogens (tertiary/aromatic N) is 1. The second-order valence-corrected chi connectivity index (χ2v) is 5.84. The quantitative estimate of drug-likeness (QED) is 0.834. The summed E-state index contributed by atoms with van der Waals surface area (Å²) in [6.45, 7) is 0.316. The standard InChI is InChI=1S/C16H20N2O4/c19-14-16(21,22-15(20)17-12-6-4-5-7-12)10-11-18(14)13-8-2-1-3-9-13/h1-3,8-9,12,21H,4-7,10-11H2,(H,17,20)/t16-/m0/s1. The third-order valence-electron chi connectivity index (χ3n) is 4.26. The molecule has 0 spiro atoms. The minimum atomic E-state index is -2.07. The Morgan fingerprint density at radius 1 is 1.27 bits per heavy atom. The smallest absolute Gasteiger partial charge is 0.407 e. The number of nitrogens with one attached hydrogen (secondary N) is 1. The van der Waals surface area contributed by atoms with Crippen LogP contribution in [0, 0.1) is 0 Å². The molecular weight excluding hydrogens is 284 g/mol. The lowest BCUT2D eigenvalue weighted by atomic mass is 10.2. The predicted molar refractivity (Wildman–Crippen MR) is 80.2 cm³/mol. The monoisotopic (exact) mass is 304 g/mol. The maximum Gasteiger partial charge on any atom is 0.410 e. The molecular formula is C16H20N2O4. The number of alkyl carbamates (subject to hydrolysis) is 1. The molecule has 1 atom stereocenters. The van der Waals surface area contributed by atoms with E-state index in [-0.39, 0.29) is 12.5 Å². The molecule has 1 saturated carbocycles. The van der Waals surface area contributed by atoms with Crippen molar-refractivity contribution >= 4 is 17.7 Å². The van der Waals surface area contributed by atoms with Gasteiger partial charge in [-0.3, -0.25) is 4.79 Å². The fraction of sp³-hybridized carbons (Fsp3) is 0.500. The molecule has 118 valence electrons. The Hall–Kier alpha value is -2.08. The molecule has 2 N–H and O–H groups in total.